The molecule has 1 saturated heterocycles. The summed E-state index contributed by atoms with van der Waals surface area (Å²) in [7, 11) is 1.87. The summed E-state index contributed by atoms with van der Waals surface area (Å²) in [6.45, 7) is 2.78. The highest BCUT2D eigenvalue weighted by atomic mass is 16.5. The van der Waals surface area contributed by atoms with Gasteiger partial charge in [0, 0.05) is 25.6 Å². The number of amides is 2. The lowest BCUT2D eigenvalue weighted by atomic mass is 9.98. The van der Waals surface area contributed by atoms with E-state index >= 15 is 0 Å². The van der Waals surface area contributed by atoms with Crippen LogP contribution in [0, 0.1) is 0 Å². The van der Waals surface area contributed by atoms with E-state index in [0.717, 1.165) is 27.8 Å². The molecule has 1 fully saturated rings. The van der Waals surface area contributed by atoms with E-state index in [1.165, 1.54) is 4.90 Å². The Bertz CT molecular complexity index is 1350. The predicted molar refractivity (Wildman–Crippen MR) is 152 cm³/mol. The Labute approximate surface area is 234 Å². The molecule has 1 unspecified atom stereocenters. The number of rotatable bonds is 9. The number of hydrogen-bond acceptors (Lipinski definition) is 5. The summed E-state index contributed by atoms with van der Waals surface area (Å²) in [6, 6.07) is 25.0. The minimum Gasteiger partial charge on any atom is -0.480 e. The van der Waals surface area contributed by atoms with Gasteiger partial charge >= 0.3 is 12.1 Å². The highest BCUT2D eigenvalue weighted by Crippen LogP contribution is 2.44. The fourth-order valence-corrected chi connectivity index (χ4v) is 5.97. The Morgan fingerprint density at radius 3 is 2.23 bits per heavy atom. The van der Waals surface area contributed by atoms with E-state index in [9.17, 15) is 19.5 Å². The van der Waals surface area contributed by atoms with Gasteiger partial charge in [-0.25, -0.2) is 9.59 Å². The van der Waals surface area contributed by atoms with Crippen molar-refractivity contribution in [2.75, 3.05) is 26.7 Å². The molecular formula is C32H35N3O5. The first-order valence-corrected chi connectivity index (χ1v) is 13.7. The van der Waals surface area contributed by atoms with Crippen LogP contribution < -0.4 is 5.32 Å². The number of likely N-dealkylation sites (N-methyl/N-ethyl adjacent to an activating group) is 1. The maximum absolute atomic E-state index is 13.7. The van der Waals surface area contributed by atoms with Gasteiger partial charge in [-0.3, -0.25) is 9.69 Å². The maximum Gasteiger partial charge on any atom is 0.407 e. The lowest BCUT2D eigenvalue weighted by Gasteiger charge is -2.35. The normalized spacial score (nSPS) is 18.7. The van der Waals surface area contributed by atoms with Crippen molar-refractivity contribution >= 4 is 18.0 Å². The quantitative estimate of drug-likeness (QED) is 0.414. The van der Waals surface area contributed by atoms with Gasteiger partial charge in [-0.1, -0.05) is 78.9 Å². The van der Waals surface area contributed by atoms with Crippen LogP contribution in [-0.4, -0.2) is 71.2 Å². The highest BCUT2D eigenvalue weighted by Gasteiger charge is 2.47. The standard InChI is InChI=1S/C32H35N3O5/c1-32(30(37)38)17-10-18-35(32)29(36)28(20-34(2)19-22-11-4-3-5-12-22)33-31(39)40-21-27-25-15-8-6-13-23(25)24-14-7-9-16-26(24)27/h3-9,11-16,27-28H,10,17-21H2,1-2H3,(H,33,39)(H,37,38)/t28?,32-/m1/s1. The molecule has 208 valence electrons. The number of benzene rings is 3. The largest absolute Gasteiger partial charge is 0.480 e. The molecule has 5 rings (SSSR count). The molecule has 1 aliphatic carbocycles. The van der Waals surface area contributed by atoms with Crippen molar-refractivity contribution in [2.24, 2.45) is 0 Å². The van der Waals surface area contributed by atoms with Gasteiger partial charge in [-0.2, -0.15) is 0 Å². The number of ether oxygens (including phenoxy) is 1. The van der Waals surface area contributed by atoms with Crippen molar-refractivity contribution in [3.63, 3.8) is 0 Å². The van der Waals surface area contributed by atoms with E-state index in [0.29, 0.717) is 25.9 Å². The summed E-state index contributed by atoms with van der Waals surface area (Å²) in [4.78, 5) is 42.3. The minimum absolute atomic E-state index is 0.109. The highest BCUT2D eigenvalue weighted by molar-refractivity contribution is 5.92. The van der Waals surface area contributed by atoms with Gasteiger partial charge in [0.1, 0.15) is 18.2 Å². The monoisotopic (exact) mass is 541 g/mol. The molecule has 2 N–H and O–H groups in total. The molecule has 40 heavy (non-hydrogen) atoms. The molecule has 0 radical (unpaired) electrons. The van der Waals surface area contributed by atoms with Crippen LogP contribution in [-0.2, 0) is 20.9 Å². The number of fused-ring (bicyclic) bond motifs is 3. The summed E-state index contributed by atoms with van der Waals surface area (Å²) >= 11 is 0. The number of carboxylic acids is 1. The van der Waals surface area contributed by atoms with E-state index in [1.807, 2.05) is 78.7 Å². The average Bonchev–Trinajstić information content (AvgIpc) is 3.50. The summed E-state index contributed by atoms with van der Waals surface area (Å²) in [5.41, 5.74) is 4.21. The number of carbonyl (C=O) groups is 3. The molecule has 0 aromatic heterocycles. The van der Waals surface area contributed by atoms with Crippen LogP contribution in [0.2, 0.25) is 0 Å². The smallest absolute Gasteiger partial charge is 0.407 e. The molecule has 8 nitrogen and oxygen atoms in total. The molecule has 2 aliphatic rings. The zero-order valence-corrected chi connectivity index (χ0v) is 22.9. The Morgan fingerprint density at radius 2 is 1.60 bits per heavy atom. The second-order valence-electron chi connectivity index (χ2n) is 10.9. The van der Waals surface area contributed by atoms with E-state index in [4.69, 9.17) is 4.74 Å². The predicted octanol–water partition coefficient (Wildman–Crippen LogP) is 4.49. The molecular weight excluding hydrogens is 506 g/mol. The summed E-state index contributed by atoms with van der Waals surface area (Å²) in [6.07, 6.45) is 0.252. The van der Waals surface area contributed by atoms with Crippen LogP contribution in [0.15, 0.2) is 78.9 Å². The van der Waals surface area contributed by atoms with E-state index in [1.54, 1.807) is 6.92 Å². The summed E-state index contributed by atoms with van der Waals surface area (Å²) in [5, 5.41) is 12.7. The lowest BCUT2D eigenvalue weighted by molar-refractivity contribution is -0.156. The van der Waals surface area contributed by atoms with Crippen molar-refractivity contribution in [2.45, 2.75) is 43.8 Å². The molecule has 2 amide bonds. The van der Waals surface area contributed by atoms with Crippen molar-refractivity contribution in [3.8, 4) is 11.1 Å². The van der Waals surface area contributed by atoms with Crippen LogP contribution in [0.25, 0.3) is 11.1 Å². The second-order valence-corrected chi connectivity index (χ2v) is 10.9. The molecule has 0 saturated carbocycles. The first-order chi connectivity index (χ1) is 19.3. The first-order valence-electron chi connectivity index (χ1n) is 13.7. The topological polar surface area (TPSA) is 99.2 Å². The van der Waals surface area contributed by atoms with Gasteiger partial charge in [0.05, 0.1) is 0 Å². The third-order valence-electron chi connectivity index (χ3n) is 8.09. The zero-order chi connectivity index (χ0) is 28.3. The van der Waals surface area contributed by atoms with Gasteiger partial charge in [0.25, 0.3) is 0 Å². The third-order valence-corrected chi connectivity index (χ3v) is 8.09. The molecule has 3 aromatic rings. The van der Waals surface area contributed by atoms with Crippen molar-refractivity contribution in [3.05, 3.63) is 95.6 Å². The number of aliphatic carboxylic acids is 1. The molecule has 1 heterocycles. The summed E-state index contributed by atoms with van der Waals surface area (Å²) < 4.78 is 5.73. The van der Waals surface area contributed by atoms with E-state index in [-0.39, 0.29) is 19.1 Å². The van der Waals surface area contributed by atoms with Crippen molar-refractivity contribution < 1.29 is 24.2 Å². The number of hydrogen-bond donors (Lipinski definition) is 2. The average molecular weight is 542 g/mol. The Morgan fingerprint density at radius 1 is 1.00 bits per heavy atom. The first kappa shape index (κ1) is 27.4. The van der Waals surface area contributed by atoms with Crippen molar-refractivity contribution in [1.29, 1.82) is 0 Å². The van der Waals surface area contributed by atoms with Gasteiger partial charge in [-0.15, -0.1) is 0 Å². The van der Waals surface area contributed by atoms with E-state index in [2.05, 4.69) is 17.4 Å². The van der Waals surface area contributed by atoms with Crippen LogP contribution in [0.3, 0.4) is 0 Å². The second kappa shape index (κ2) is 11.5. The number of nitrogens with zero attached hydrogens (tertiary/aromatic N) is 2. The lowest BCUT2D eigenvalue weighted by Crippen LogP contribution is -2.59. The fraction of sp³-hybridized carbons (Fsp3) is 0.344. The van der Waals surface area contributed by atoms with Crippen LogP contribution in [0.4, 0.5) is 4.79 Å². The van der Waals surface area contributed by atoms with Gasteiger partial charge in [0.15, 0.2) is 0 Å². The summed E-state index contributed by atoms with van der Waals surface area (Å²) in [5.74, 6) is -1.58. The van der Waals surface area contributed by atoms with Crippen LogP contribution >= 0.6 is 0 Å². The van der Waals surface area contributed by atoms with Gasteiger partial charge in [0.2, 0.25) is 5.91 Å². The zero-order valence-electron chi connectivity index (χ0n) is 22.9. The number of carboxylic acid groups (broad SMARTS) is 1. The molecule has 1 aliphatic heterocycles. The van der Waals surface area contributed by atoms with Crippen LogP contribution in [0.1, 0.15) is 42.4 Å². The minimum atomic E-state index is -1.31. The number of likely N-dealkylation sites (tertiary alicyclic amines) is 1. The maximum atomic E-state index is 13.7. The third kappa shape index (κ3) is 5.45. The number of alkyl carbamates (subject to hydrolysis) is 1. The molecule has 8 heteroatoms. The Hall–Kier alpha value is -4.17. The molecule has 0 spiro atoms. The SMILES string of the molecule is CN(Cc1ccccc1)CC(NC(=O)OCC1c2ccccc2-c2ccccc21)C(=O)N1CCC[C@]1(C)C(=O)O. The number of carbonyl (C=O) groups excluding carboxylic acids is 2. The fourth-order valence-electron chi connectivity index (χ4n) is 5.97. The van der Waals surface area contributed by atoms with Crippen LogP contribution in [0.5, 0.6) is 0 Å². The van der Waals surface area contributed by atoms with Gasteiger partial charge in [-0.05, 0) is 54.6 Å². The molecule has 0 bridgehead atoms. The Balaban J connectivity index is 1.31. The Kier molecular flexibility index (Phi) is 7.89. The van der Waals surface area contributed by atoms with Gasteiger partial charge < -0.3 is 20.1 Å². The van der Waals surface area contributed by atoms with E-state index < -0.39 is 29.6 Å². The number of nitrogens with one attached hydrogen (secondary N) is 1. The molecule has 3 aromatic carbocycles. The molecule has 2 atom stereocenters. The van der Waals surface area contributed by atoms with Crippen molar-refractivity contribution in [1.82, 2.24) is 15.1 Å².